The maximum absolute atomic E-state index is 11.8. The minimum absolute atomic E-state index is 0.0100. The molecule has 1 aliphatic carbocycles. The molecule has 2 N–H and O–H groups in total. The summed E-state index contributed by atoms with van der Waals surface area (Å²) in [6, 6.07) is 0.0100. The first-order chi connectivity index (χ1) is 7.32. The van der Waals surface area contributed by atoms with Crippen molar-refractivity contribution in [2.45, 2.75) is 33.2 Å². The molecule has 4 heteroatoms. The molecule has 4 nitrogen and oxygen atoms in total. The van der Waals surface area contributed by atoms with E-state index in [1.54, 1.807) is 6.08 Å². The van der Waals surface area contributed by atoms with Crippen molar-refractivity contribution in [2.75, 3.05) is 0 Å². The summed E-state index contributed by atoms with van der Waals surface area (Å²) in [5.74, 6) is -2.01. The van der Waals surface area contributed by atoms with Crippen molar-refractivity contribution < 1.29 is 14.7 Å². The van der Waals surface area contributed by atoms with E-state index >= 15 is 0 Å². The molecule has 1 fully saturated rings. The molecule has 0 saturated heterocycles. The zero-order valence-corrected chi connectivity index (χ0v) is 9.99. The van der Waals surface area contributed by atoms with Gasteiger partial charge in [-0.2, -0.15) is 0 Å². The number of carboxylic acids is 1. The number of carboxylic acid groups (broad SMARTS) is 1. The van der Waals surface area contributed by atoms with Gasteiger partial charge in [-0.1, -0.05) is 19.9 Å². The molecule has 3 atom stereocenters. The Morgan fingerprint density at radius 1 is 1.50 bits per heavy atom. The molecule has 0 aliphatic heterocycles. The van der Waals surface area contributed by atoms with E-state index in [1.165, 1.54) is 0 Å². The summed E-state index contributed by atoms with van der Waals surface area (Å²) < 4.78 is 0. The third-order valence-electron chi connectivity index (χ3n) is 3.28. The van der Waals surface area contributed by atoms with Crippen molar-refractivity contribution in [3.05, 3.63) is 12.7 Å². The molecule has 0 heterocycles. The van der Waals surface area contributed by atoms with Crippen LogP contribution in [0.4, 0.5) is 0 Å². The summed E-state index contributed by atoms with van der Waals surface area (Å²) in [4.78, 5) is 22.7. The summed E-state index contributed by atoms with van der Waals surface area (Å²) in [5.41, 5.74) is -0.427. The van der Waals surface area contributed by atoms with Gasteiger partial charge in [-0.05, 0) is 18.8 Å². The standard InChI is InChI=1S/C12H19NO3/c1-5-6-7(2)13-10(14)8-9(11(15)16)12(8,3)4/h5,7-9H,1,6H2,2-4H3,(H,13,14)(H,15,16)/t7?,8-,9+/m1/s1. The number of amides is 1. The van der Waals surface area contributed by atoms with Crippen LogP contribution in [0.3, 0.4) is 0 Å². The lowest BCUT2D eigenvalue weighted by Gasteiger charge is -2.12. The molecule has 1 unspecified atom stereocenters. The van der Waals surface area contributed by atoms with Crippen molar-refractivity contribution in [1.29, 1.82) is 0 Å². The summed E-state index contributed by atoms with van der Waals surface area (Å²) in [7, 11) is 0. The molecule has 0 aromatic rings. The molecule has 0 aromatic carbocycles. The topological polar surface area (TPSA) is 66.4 Å². The highest BCUT2D eigenvalue weighted by Crippen LogP contribution is 2.58. The molecule has 1 aliphatic rings. The summed E-state index contributed by atoms with van der Waals surface area (Å²) >= 11 is 0. The quantitative estimate of drug-likeness (QED) is 0.695. The third kappa shape index (κ3) is 2.26. The molecule has 1 amide bonds. The number of carbonyl (C=O) groups excluding carboxylic acids is 1. The average Bonchev–Trinajstić information content (AvgIpc) is 2.69. The first-order valence-electron chi connectivity index (χ1n) is 5.46. The molecule has 16 heavy (non-hydrogen) atoms. The minimum atomic E-state index is -0.887. The van der Waals surface area contributed by atoms with Gasteiger partial charge < -0.3 is 10.4 Å². The van der Waals surface area contributed by atoms with Gasteiger partial charge in [0, 0.05) is 6.04 Å². The van der Waals surface area contributed by atoms with Crippen molar-refractivity contribution in [3.8, 4) is 0 Å². The molecule has 0 aromatic heterocycles. The number of aliphatic carboxylic acids is 1. The Balaban J connectivity index is 2.57. The van der Waals surface area contributed by atoms with Crippen LogP contribution in [0.15, 0.2) is 12.7 Å². The lowest BCUT2D eigenvalue weighted by Crippen LogP contribution is -2.34. The van der Waals surface area contributed by atoms with Gasteiger partial charge in [0.15, 0.2) is 0 Å². The molecule has 90 valence electrons. The summed E-state index contributed by atoms with van der Waals surface area (Å²) in [6.07, 6.45) is 2.42. The van der Waals surface area contributed by atoms with Gasteiger partial charge in [-0.3, -0.25) is 9.59 Å². The van der Waals surface area contributed by atoms with Gasteiger partial charge in [0.25, 0.3) is 0 Å². The second-order valence-electron chi connectivity index (χ2n) is 5.05. The molecule has 0 spiro atoms. The van der Waals surface area contributed by atoms with Crippen LogP contribution in [0.25, 0.3) is 0 Å². The number of rotatable bonds is 5. The van der Waals surface area contributed by atoms with E-state index in [4.69, 9.17) is 5.11 Å². The fourth-order valence-electron chi connectivity index (χ4n) is 2.23. The Kier molecular flexibility index (Phi) is 3.41. The Morgan fingerprint density at radius 2 is 2.06 bits per heavy atom. The molecular weight excluding hydrogens is 206 g/mol. The lowest BCUT2D eigenvalue weighted by atomic mass is 10.1. The number of hydrogen-bond donors (Lipinski definition) is 2. The largest absolute Gasteiger partial charge is 0.481 e. The van der Waals surface area contributed by atoms with Crippen molar-refractivity contribution in [2.24, 2.45) is 17.3 Å². The maximum atomic E-state index is 11.8. The van der Waals surface area contributed by atoms with E-state index in [0.29, 0.717) is 6.42 Å². The van der Waals surface area contributed by atoms with Crippen LogP contribution in [0.5, 0.6) is 0 Å². The first-order valence-corrected chi connectivity index (χ1v) is 5.46. The molecule has 1 rings (SSSR count). The van der Waals surface area contributed by atoms with E-state index < -0.39 is 23.2 Å². The number of hydrogen-bond acceptors (Lipinski definition) is 2. The zero-order valence-electron chi connectivity index (χ0n) is 9.99. The van der Waals surface area contributed by atoms with Gasteiger partial charge in [-0.25, -0.2) is 0 Å². The van der Waals surface area contributed by atoms with Crippen LogP contribution < -0.4 is 5.32 Å². The van der Waals surface area contributed by atoms with Crippen molar-refractivity contribution in [3.63, 3.8) is 0 Å². The highest BCUT2D eigenvalue weighted by Gasteiger charge is 2.65. The van der Waals surface area contributed by atoms with Crippen LogP contribution in [0.2, 0.25) is 0 Å². The van der Waals surface area contributed by atoms with Crippen LogP contribution in [-0.2, 0) is 9.59 Å². The zero-order chi connectivity index (χ0) is 12.5. The Hall–Kier alpha value is -1.32. The van der Waals surface area contributed by atoms with Crippen molar-refractivity contribution >= 4 is 11.9 Å². The Labute approximate surface area is 95.7 Å². The Bertz CT molecular complexity index is 322. The number of carbonyl (C=O) groups is 2. The predicted octanol–water partition coefficient (Wildman–Crippen LogP) is 1.42. The monoisotopic (exact) mass is 225 g/mol. The van der Waals surface area contributed by atoms with E-state index in [1.807, 2.05) is 20.8 Å². The lowest BCUT2D eigenvalue weighted by molar-refractivity contribution is -0.140. The predicted molar refractivity (Wildman–Crippen MR) is 60.8 cm³/mol. The second kappa shape index (κ2) is 4.28. The van der Waals surface area contributed by atoms with Crippen LogP contribution in [0, 0.1) is 17.3 Å². The van der Waals surface area contributed by atoms with E-state index in [-0.39, 0.29) is 11.9 Å². The third-order valence-corrected chi connectivity index (χ3v) is 3.28. The second-order valence-corrected chi connectivity index (χ2v) is 5.05. The average molecular weight is 225 g/mol. The van der Waals surface area contributed by atoms with Crippen LogP contribution in [-0.4, -0.2) is 23.0 Å². The SMILES string of the molecule is C=CCC(C)NC(=O)[C@H]1[C@@H](C(=O)O)C1(C)C. The summed E-state index contributed by atoms with van der Waals surface area (Å²) in [6.45, 7) is 9.10. The van der Waals surface area contributed by atoms with E-state index in [2.05, 4.69) is 11.9 Å². The fraction of sp³-hybridized carbons (Fsp3) is 0.667. The molecular formula is C12H19NO3. The van der Waals surface area contributed by atoms with Gasteiger partial charge in [0.1, 0.15) is 0 Å². The highest BCUT2D eigenvalue weighted by molar-refractivity contribution is 5.91. The van der Waals surface area contributed by atoms with Crippen LogP contribution >= 0.6 is 0 Å². The molecule has 0 radical (unpaired) electrons. The fourth-order valence-corrected chi connectivity index (χ4v) is 2.23. The summed E-state index contributed by atoms with van der Waals surface area (Å²) in [5, 5.41) is 11.8. The van der Waals surface area contributed by atoms with E-state index in [9.17, 15) is 9.59 Å². The Morgan fingerprint density at radius 3 is 2.44 bits per heavy atom. The van der Waals surface area contributed by atoms with Gasteiger partial charge >= 0.3 is 5.97 Å². The van der Waals surface area contributed by atoms with E-state index in [0.717, 1.165) is 0 Å². The maximum Gasteiger partial charge on any atom is 0.307 e. The van der Waals surface area contributed by atoms with Crippen molar-refractivity contribution in [1.82, 2.24) is 5.32 Å². The van der Waals surface area contributed by atoms with Gasteiger partial charge in [-0.15, -0.1) is 6.58 Å². The van der Waals surface area contributed by atoms with Gasteiger partial charge in [0.2, 0.25) is 5.91 Å². The first kappa shape index (κ1) is 12.7. The molecule has 0 bridgehead atoms. The highest BCUT2D eigenvalue weighted by atomic mass is 16.4. The normalized spacial score (nSPS) is 27.9. The molecule has 1 saturated carbocycles. The van der Waals surface area contributed by atoms with Gasteiger partial charge in [0.05, 0.1) is 11.8 Å². The number of nitrogens with one attached hydrogen (secondary N) is 1. The van der Waals surface area contributed by atoms with Crippen LogP contribution in [0.1, 0.15) is 27.2 Å². The smallest absolute Gasteiger partial charge is 0.307 e. The minimum Gasteiger partial charge on any atom is -0.481 e.